The fourth-order valence-electron chi connectivity index (χ4n) is 5.79. The van der Waals surface area contributed by atoms with Crippen molar-refractivity contribution in [3.63, 3.8) is 0 Å². The van der Waals surface area contributed by atoms with E-state index in [1.54, 1.807) is 0 Å². The van der Waals surface area contributed by atoms with Crippen molar-refractivity contribution in [2.24, 2.45) is 4.99 Å². The topological polar surface area (TPSA) is 79.4 Å². The molecule has 0 unspecified atom stereocenters. The highest BCUT2D eigenvalue weighted by Gasteiger charge is 2.22. The van der Waals surface area contributed by atoms with Crippen LogP contribution in [0.4, 0.5) is 5.69 Å². The fourth-order valence-corrected chi connectivity index (χ4v) is 5.79. The quantitative estimate of drug-likeness (QED) is 0.349. The lowest BCUT2D eigenvalue weighted by molar-refractivity contribution is 0.204. The van der Waals surface area contributed by atoms with Crippen LogP contribution < -0.4 is 0 Å². The van der Waals surface area contributed by atoms with Crippen molar-refractivity contribution in [1.29, 1.82) is 0 Å². The molecule has 4 heterocycles. The molecule has 0 aliphatic carbocycles. The molecule has 0 radical (unpaired) electrons. The molecule has 0 bridgehead atoms. The van der Waals surface area contributed by atoms with E-state index in [1.165, 1.54) is 11.3 Å². The van der Waals surface area contributed by atoms with Gasteiger partial charge in [-0.2, -0.15) is 0 Å². The zero-order valence-electron chi connectivity index (χ0n) is 22.2. The molecule has 8 nitrogen and oxygen atoms in total. The lowest BCUT2D eigenvalue weighted by Crippen LogP contribution is -2.39. The first-order chi connectivity index (χ1) is 19.2. The minimum absolute atomic E-state index is 0.813. The van der Waals surface area contributed by atoms with E-state index in [2.05, 4.69) is 85.3 Å². The Morgan fingerprint density at radius 1 is 0.564 bits per heavy atom. The number of fused-ring (bicyclic) bond motifs is 3. The first kappa shape index (κ1) is 24.2. The summed E-state index contributed by atoms with van der Waals surface area (Å²) in [5.74, 6) is 2.06. The molecule has 0 atom stereocenters. The monoisotopic (exact) mass is 518 g/mol. The Labute approximate surface area is 228 Å². The first-order valence-corrected chi connectivity index (χ1v) is 13.9. The van der Waals surface area contributed by atoms with Gasteiger partial charge in [0.05, 0.1) is 40.8 Å². The average molecular weight is 519 g/mol. The molecule has 5 aromatic rings. The average Bonchev–Trinajstić information content (AvgIpc) is 3.67. The van der Waals surface area contributed by atoms with Gasteiger partial charge in [-0.1, -0.05) is 42.5 Å². The van der Waals surface area contributed by atoms with E-state index < -0.39 is 0 Å². The summed E-state index contributed by atoms with van der Waals surface area (Å²) in [5, 5.41) is 0. The zero-order chi connectivity index (χ0) is 26.0. The summed E-state index contributed by atoms with van der Waals surface area (Å²) in [7, 11) is 0. The number of para-hydroxylation sites is 5. The molecule has 3 aromatic carbocycles. The largest absolute Gasteiger partial charge is 0.341 e. The molecule has 2 aliphatic heterocycles. The summed E-state index contributed by atoms with van der Waals surface area (Å²) < 4.78 is 0. The third kappa shape index (κ3) is 5.49. The lowest BCUT2D eigenvalue weighted by Gasteiger charge is -2.25. The molecule has 8 heteroatoms. The summed E-state index contributed by atoms with van der Waals surface area (Å²) in [5.41, 5.74) is 8.01. The third-order valence-corrected chi connectivity index (χ3v) is 7.89. The SMILES string of the molecule is c1ccc2c(c1)CC(CN1CCN(Cc3nc4ccccc4[nH]3)CCN(Cc3nc4ccccc4[nH]3)CC1)=N2. The van der Waals surface area contributed by atoms with Crippen LogP contribution in [0.1, 0.15) is 17.2 Å². The Kier molecular flexibility index (Phi) is 6.66. The van der Waals surface area contributed by atoms with E-state index in [4.69, 9.17) is 15.0 Å². The van der Waals surface area contributed by atoms with Crippen LogP contribution in [0.2, 0.25) is 0 Å². The Balaban J connectivity index is 1.09. The highest BCUT2D eigenvalue weighted by atomic mass is 15.3. The van der Waals surface area contributed by atoms with Crippen LogP contribution in [-0.4, -0.2) is 86.2 Å². The van der Waals surface area contributed by atoms with Crippen LogP contribution in [0.25, 0.3) is 22.1 Å². The molecule has 0 saturated carbocycles. The normalized spacial score (nSPS) is 17.7. The Morgan fingerprint density at radius 3 is 1.59 bits per heavy atom. The maximum atomic E-state index is 4.96. The van der Waals surface area contributed by atoms with Crippen LogP contribution in [-0.2, 0) is 19.5 Å². The molecule has 198 valence electrons. The number of nitrogens with one attached hydrogen (secondary N) is 2. The molecule has 0 amide bonds. The molecule has 2 N–H and O–H groups in total. The Hall–Kier alpha value is -3.85. The van der Waals surface area contributed by atoms with E-state index in [1.807, 2.05) is 12.1 Å². The summed E-state index contributed by atoms with van der Waals surface area (Å²) in [6, 6.07) is 25.1. The molecular weight excluding hydrogens is 484 g/mol. The van der Waals surface area contributed by atoms with Crippen molar-refractivity contribution < 1.29 is 0 Å². The number of rotatable bonds is 6. The van der Waals surface area contributed by atoms with Gasteiger partial charge in [0.25, 0.3) is 0 Å². The van der Waals surface area contributed by atoms with Gasteiger partial charge in [0, 0.05) is 57.9 Å². The molecule has 1 saturated heterocycles. The van der Waals surface area contributed by atoms with Crippen LogP contribution in [0.3, 0.4) is 0 Å². The standard InChI is InChI=1S/C31H34N8/c1-2-8-25-23(7-1)19-24(32-25)20-37-13-15-38(21-30-33-26-9-3-4-10-27(26)34-30)17-18-39(16-14-37)22-31-35-28-11-5-6-12-29(28)36-31/h1-12H,13-22H2,(H,33,34)(H,35,36). The number of H-pyrrole nitrogens is 2. The van der Waals surface area contributed by atoms with Gasteiger partial charge < -0.3 is 9.97 Å². The van der Waals surface area contributed by atoms with Gasteiger partial charge in [0.1, 0.15) is 11.6 Å². The number of aliphatic imine (C=N–C) groups is 1. The predicted molar refractivity (Wildman–Crippen MR) is 156 cm³/mol. The highest BCUT2D eigenvalue weighted by molar-refractivity contribution is 5.95. The van der Waals surface area contributed by atoms with E-state index in [0.717, 1.165) is 105 Å². The van der Waals surface area contributed by atoms with Gasteiger partial charge in [-0.25, -0.2) is 9.97 Å². The lowest BCUT2D eigenvalue weighted by atomic mass is 10.1. The number of nitrogens with zero attached hydrogens (tertiary/aromatic N) is 6. The molecule has 7 rings (SSSR count). The van der Waals surface area contributed by atoms with Crippen molar-refractivity contribution in [1.82, 2.24) is 34.6 Å². The summed E-state index contributed by atoms with van der Waals surface area (Å²) in [6.07, 6.45) is 0.956. The van der Waals surface area contributed by atoms with Crippen LogP contribution in [0, 0.1) is 0 Å². The summed E-state index contributed by atoms with van der Waals surface area (Å²) in [6.45, 7) is 8.51. The van der Waals surface area contributed by atoms with Crippen molar-refractivity contribution in [2.75, 3.05) is 45.8 Å². The van der Waals surface area contributed by atoms with Gasteiger partial charge >= 0.3 is 0 Å². The second-order valence-corrected chi connectivity index (χ2v) is 10.7. The van der Waals surface area contributed by atoms with Crippen molar-refractivity contribution in [2.45, 2.75) is 19.5 Å². The van der Waals surface area contributed by atoms with Crippen LogP contribution in [0.15, 0.2) is 77.8 Å². The van der Waals surface area contributed by atoms with E-state index >= 15 is 0 Å². The molecule has 39 heavy (non-hydrogen) atoms. The van der Waals surface area contributed by atoms with Gasteiger partial charge in [-0.3, -0.25) is 19.7 Å². The van der Waals surface area contributed by atoms with Crippen molar-refractivity contribution >= 4 is 33.5 Å². The maximum absolute atomic E-state index is 4.96. The first-order valence-electron chi connectivity index (χ1n) is 13.9. The number of hydrogen-bond donors (Lipinski definition) is 2. The van der Waals surface area contributed by atoms with Gasteiger partial charge in [-0.05, 0) is 35.9 Å². The second-order valence-electron chi connectivity index (χ2n) is 10.7. The number of hydrogen-bond acceptors (Lipinski definition) is 6. The van der Waals surface area contributed by atoms with Gasteiger partial charge in [-0.15, -0.1) is 0 Å². The van der Waals surface area contributed by atoms with Gasteiger partial charge in [0.2, 0.25) is 0 Å². The highest BCUT2D eigenvalue weighted by Crippen LogP contribution is 2.26. The van der Waals surface area contributed by atoms with Gasteiger partial charge in [0.15, 0.2) is 0 Å². The molecule has 0 spiro atoms. The van der Waals surface area contributed by atoms with Crippen molar-refractivity contribution in [3.8, 4) is 0 Å². The number of aromatic amines is 2. The van der Waals surface area contributed by atoms with E-state index in [9.17, 15) is 0 Å². The van der Waals surface area contributed by atoms with Crippen molar-refractivity contribution in [3.05, 3.63) is 90.0 Å². The summed E-state index contributed by atoms with van der Waals surface area (Å²) in [4.78, 5) is 29.4. The Bertz CT molecular complexity index is 1460. The fraction of sp³-hybridized carbons (Fsp3) is 0.323. The maximum Gasteiger partial charge on any atom is 0.121 e. The molecule has 2 aromatic heterocycles. The van der Waals surface area contributed by atoms with Crippen LogP contribution >= 0.6 is 0 Å². The summed E-state index contributed by atoms with van der Waals surface area (Å²) >= 11 is 0. The molecule has 2 aliphatic rings. The molecular formula is C31H34N8. The minimum atomic E-state index is 0.813. The third-order valence-electron chi connectivity index (χ3n) is 7.89. The second kappa shape index (κ2) is 10.7. The number of imidazole rings is 2. The van der Waals surface area contributed by atoms with Crippen LogP contribution in [0.5, 0.6) is 0 Å². The number of aromatic nitrogens is 4. The smallest absolute Gasteiger partial charge is 0.121 e. The van der Waals surface area contributed by atoms with E-state index in [0.29, 0.717) is 0 Å². The minimum Gasteiger partial charge on any atom is -0.341 e. The number of benzene rings is 3. The molecule has 1 fully saturated rings. The Morgan fingerprint density at radius 2 is 1.05 bits per heavy atom. The zero-order valence-corrected chi connectivity index (χ0v) is 22.2. The predicted octanol–water partition coefficient (Wildman–Crippen LogP) is 4.39. The van der Waals surface area contributed by atoms with E-state index in [-0.39, 0.29) is 0 Å².